The molecule has 0 spiro atoms. The second kappa shape index (κ2) is 13.0. The van der Waals surface area contributed by atoms with Crippen molar-refractivity contribution in [3.05, 3.63) is 0 Å². The van der Waals surface area contributed by atoms with Crippen molar-refractivity contribution in [1.82, 2.24) is 0 Å². The van der Waals surface area contributed by atoms with Gasteiger partial charge in [0.25, 0.3) is 0 Å². The Hall–Kier alpha value is 5.14. The van der Waals surface area contributed by atoms with Crippen LogP contribution in [0.4, 0.5) is 0 Å². The van der Waals surface area contributed by atoms with Gasteiger partial charge in [-0.1, -0.05) is 0 Å². The van der Waals surface area contributed by atoms with Crippen LogP contribution in [0.2, 0.25) is 0 Å². The summed E-state index contributed by atoms with van der Waals surface area (Å²) in [6.45, 7) is 0. The molecule has 0 aromatic rings. The molecule has 4 aliphatic heterocycles. The summed E-state index contributed by atoms with van der Waals surface area (Å²) < 4.78 is 0. The minimum atomic E-state index is -1.17. The van der Waals surface area contributed by atoms with Gasteiger partial charge in [0.05, 0.1) is 0 Å². The zero-order chi connectivity index (χ0) is 16.9. The van der Waals surface area contributed by atoms with Gasteiger partial charge in [-0.2, -0.15) is 0 Å². The molecule has 0 radical (unpaired) electrons. The fraction of sp³-hybridized carbons (Fsp3) is 1.00. The molecular weight excluding hydrogens is 720 g/mol. The summed E-state index contributed by atoms with van der Waals surface area (Å²) in [5, 5.41) is 5.58. The Morgan fingerprint density at radius 1 is 0.520 bits per heavy atom. The van der Waals surface area contributed by atoms with Gasteiger partial charge < -0.3 is 0 Å². The van der Waals surface area contributed by atoms with E-state index < -0.39 is 32.0 Å². The van der Waals surface area contributed by atoms with E-state index >= 15 is 0 Å². The summed E-state index contributed by atoms with van der Waals surface area (Å²) >= 11 is 6.31. The van der Waals surface area contributed by atoms with E-state index in [4.69, 9.17) is 0 Å². The van der Waals surface area contributed by atoms with E-state index in [-0.39, 0.29) is 0 Å². The Labute approximate surface area is 200 Å². The van der Waals surface area contributed by atoms with E-state index in [9.17, 15) is 0 Å². The molecule has 4 rings (SSSR count). The molecule has 0 aromatic carbocycles. The Morgan fingerprint density at radius 2 is 0.800 bits per heavy atom. The first kappa shape index (κ1) is 23.3. The molecule has 4 saturated heterocycles. The topological polar surface area (TPSA) is 0 Å². The van der Waals surface area contributed by atoms with Crippen LogP contribution in [0.1, 0.15) is 0 Å². The molecule has 0 N–H and O–H groups in total. The van der Waals surface area contributed by atoms with Gasteiger partial charge in [-0.25, -0.2) is 0 Å². The molecule has 0 unspecified atom stereocenters. The average Bonchev–Trinajstić information content (AvgIpc) is 2.43. The molecule has 0 amide bonds. The number of thioether (sulfide) groups is 4. The maximum atomic E-state index is 2.49. The third-order valence-electron chi connectivity index (χ3n) is 3.69. The molecule has 144 valence electrons. The summed E-state index contributed by atoms with van der Waals surface area (Å²) in [4.78, 5) is 0. The van der Waals surface area contributed by atoms with Crippen LogP contribution in [0, 0.1) is 0 Å². The van der Waals surface area contributed by atoms with Crippen molar-refractivity contribution < 1.29 is 0 Å². The van der Waals surface area contributed by atoms with Crippen molar-refractivity contribution in [2.45, 2.75) is 21.0 Å². The molecule has 4 aliphatic rings. The van der Waals surface area contributed by atoms with Gasteiger partial charge in [-0.3, -0.25) is 0 Å². The van der Waals surface area contributed by atoms with Crippen LogP contribution in [0.25, 0.3) is 0 Å². The van der Waals surface area contributed by atoms with Gasteiger partial charge in [-0.05, 0) is 0 Å². The number of hydrogen-bond acceptors (Lipinski definition) is 10. The van der Waals surface area contributed by atoms with Crippen LogP contribution in [-0.2, 0) is 0 Å². The quantitative estimate of drug-likeness (QED) is 0.178. The second-order valence-corrected chi connectivity index (χ2v) is 53.3. The molecular formula is C13H22S10Sb2. The van der Waals surface area contributed by atoms with Crippen LogP contribution >= 0.6 is 100 Å². The van der Waals surface area contributed by atoms with Crippen molar-refractivity contribution in [1.29, 1.82) is 0 Å². The first-order valence-corrected chi connectivity index (χ1v) is 36.8. The molecule has 0 nitrogen and oxygen atoms in total. The third kappa shape index (κ3) is 8.21. The van der Waals surface area contributed by atoms with E-state index in [1.807, 2.05) is 0 Å². The standard InChI is InChI=1S/4C3H6S2.CH4S2.2Sb/c4*4-3-1-5-2-3;2-1-3;;/h4*3-4H,1-2H2;2-3H,1H2;;/q;;;;;2*+3/p-6. The Bertz CT molecular complexity index is 334. The van der Waals surface area contributed by atoms with Crippen molar-refractivity contribution in [3.8, 4) is 0 Å². The van der Waals surface area contributed by atoms with E-state index in [1.165, 1.54) is 51.1 Å². The van der Waals surface area contributed by atoms with Gasteiger partial charge in [0.2, 0.25) is 0 Å². The predicted octanol–water partition coefficient (Wildman–Crippen LogP) is 5.77. The maximum absolute atomic E-state index is 2.49. The van der Waals surface area contributed by atoms with Gasteiger partial charge >= 0.3 is 204 Å². The van der Waals surface area contributed by atoms with Gasteiger partial charge in [0.1, 0.15) is 0 Å². The molecule has 0 bridgehead atoms. The molecule has 0 saturated carbocycles. The Balaban J connectivity index is 1.19. The summed E-state index contributed by atoms with van der Waals surface area (Å²) in [6, 6.07) is 0. The minimum absolute atomic E-state index is 1.03. The number of rotatable bonds is 12. The van der Waals surface area contributed by atoms with Crippen LogP contribution in [-0.4, -0.2) is 104 Å². The first-order valence-electron chi connectivity index (χ1n) is 8.19. The molecule has 0 atom stereocenters. The second-order valence-electron chi connectivity index (χ2n) is 5.88. The molecule has 25 heavy (non-hydrogen) atoms. The third-order valence-corrected chi connectivity index (χ3v) is 62.4. The Morgan fingerprint density at radius 3 is 1.00 bits per heavy atom. The fourth-order valence-corrected chi connectivity index (χ4v) is 84.5. The van der Waals surface area contributed by atoms with E-state index in [1.54, 1.807) is 0 Å². The normalized spacial score (nSPS) is 25.7. The fourth-order valence-electron chi connectivity index (χ4n) is 1.87. The summed E-state index contributed by atoms with van der Waals surface area (Å²) in [5.74, 6) is 11.6. The molecule has 4 fully saturated rings. The molecule has 4 heterocycles. The zero-order valence-corrected chi connectivity index (χ0v) is 26.9. The Kier molecular flexibility index (Phi) is 12.1. The van der Waals surface area contributed by atoms with Crippen molar-refractivity contribution in [2.75, 3.05) is 51.1 Å². The van der Waals surface area contributed by atoms with E-state index in [2.05, 4.69) is 100 Å². The van der Waals surface area contributed by atoms with Crippen LogP contribution in [0.15, 0.2) is 0 Å². The van der Waals surface area contributed by atoms with Gasteiger partial charge in [0.15, 0.2) is 0 Å². The summed E-state index contributed by atoms with van der Waals surface area (Å²) in [7, 11) is 14.9. The molecule has 0 aliphatic carbocycles. The monoisotopic (exact) mass is 740 g/mol. The van der Waals surface area contributed by atoms with Crippen molar-refractivity contribution in [3.63, 3.8) is 0 Å². The predicted molar refractivity (Wildman–Crippen MR) is 146 cm³/mol. The van der Waals surface area contributed by atoms with Crippen LogP contribution < -0.4 is 0 Å². The first-order chi connectivity index (χ1) is 12.3. The zero-order valence-electron chi connectivity index (χ0n) is 13.7. The van der Waals surface area contributed by atoms with Gasteiger partial charge in [0, 0.05) is 0 Å². The van der Waals surface area contributed by atoms with E-state index in [0.717, 1.165) is 21.0 Å². The van der Waals surface area contributed by atoms with Crippen molar-refractivity contribution in [2.24, 2.45) is 0 Å². The van der Waals surface area contributed by atoms with E-state index in [0.29, 0.717) is 0 Å². The summed E-state index contributed by atoms with van der Waals surface area (Å²) in [5.41, 5.74) is 0. The van der Waals surface area contributed by atoms with Crippen LogP contribution in [0.3, 0.4) is 0 Å². The summed E-state index contributed by atoms with van der Waals surface area (Å²) in [6.07, 6.45) is 0. The number of hydrogen-bond donors (Lipinski definition) is 0. The molecule has 12 heteroatoms. The molecule has 0 aromatic heterocycles. The van der Waals surface area contributed by atoms with Gasteiger partial charge in [-0.15, -0.1) is 0 Å². The van der Waals surface area contributed by atoms with Crippen LogP contribution in [0.5, 0.6) is 0 Å². The SMILES string of the molecule is C([S][Sb]([S]C1CSC1)[S]C1CSC1)[S][Sb]([S]C1CSC1)[S]C1CSC1. The average molecular weight is 743 g/mol. The van der Waals surface area contributed by atoms with Crippen molar-refractivity contribution >= 4 is 132 Å².